The Hall–Kier alpha value is -1.87. The van der Waals surface area contributed by atoms with Gasteiger partial charge in [-0.1, -0.05) is 24.3 Å². The first-order valence-electron chi connectivity index (χ1n) is 5.44. The van der Waals surface area contributed by atoms with E-state index in [1.54, 1.807) is 0 Å². The molecular formula is C13H11F2O3P. The first kappa shape index (κ1) is 13.6. The van der Waals surface area contributed by atoms with Crippen molar-refractivity contribution in [1.29, 1.82) is 0 Å². The van der Waals surface area contributed by atoms with Gasteiger partial charge in [-0.3, -0.25) is 0 Å². The van der Waals surface area contributed by atoms with E-state index in [1.165, 1.54) is 48.5 Å². The van der Waals surface area contributed by atoms with Crippen LogP contribution >= 0.6 is 7.60 Å². The molecule has 0 atom stereocenters. The molecule has 2 aromatic rings. The highest BCUT2D eigenvalue weighted by Crippen LogP contribution is 2.45. The van der Waals surface area contributed by atoms with Crippen LogP contribution in [0.15, 0.2) is 48.5 Å². The molecule has 0 fully saturated rings. The van der Waals surface area contributed by atoms with Gasteiger partial charge < -0.3 is 9.05 Å². The summed E-state index contributed by atoms with van der Waals surface area (Å²) in [4.78, 5) is 0. The van der Waals surface area contributed by atoms with Crippen LogP contribution in [0.1, 0.15) is 0 Å². The van der Waals surface area contributed by atoms with Gasteiger partial charge in [0.2, 0.25) is 0 Å². The summed E-state index contributed by atoms with van der Waals surface area (Å²) in [5.74, 6) is -1.74. The summed E-state index contributed by atoms with van der Waals surface area (Å²) in [6.45, 7) is 1.14. The maximum absolute atomic E-state index is 13.4. The van der Waals surface area contributed by atoms with Crippen molar-refractivity contribution in [3.05, 3.63) is 60.2 Å². The largest absolute Gasteiger partial charge is 0.427 e. The van der Waals surface area contributed by atoms with E-state index in [1.807, 2.05) is 0 Å². The average Bonchev–Trinajstić information content (AvgIpc) is 2.35. The van der Waals surface area contributed by atoms with Crippen LogP contribution in [0.3, 0.4) is 0 Å². The fraction of sp³-hybridized carbons (Fsp3) is 0.0769. The molecule has 0 radical (unpaired) electrons. The molecule has 0 saturated carbocycles. The number of hydrogen-bond donors (Lipinski definition) is 0. The Kier molecular flexibility index (Phi) is 3.86. The van der Waals surface area contributed by atoms with Gasteiger partial charge in [-0.15, -0.1) is 0 Å². The summed E-state index contributed by atoms with van der Waals surface area (Å²) in [5.41, 5.74) is 0. The second-order valence-corrected chi connectivity index (χ2v) is 5.72. The van der Waals surface area contributed by atoms with Crippen molar-refractivity contribution >= 4 is 7.60 Å². The molecule has 0 unspecified atom stereocenters. The molecular weight excluding hydrogens is 273 g/mol. The Morgan fingerprint density at radius 3 is 1.58 bits per heavy atom. The summed E-state index contributed by atoms with van der Waals surface area (Å²) in [7, 11) is -3.67. The predicted molar refractivity (Wildman–Crippen MR) is 67.6 cm³/mol. The Bertz CT molecular complexity index is 579. The minimum Gasteiger partial charge on any atom is -0.413 e. The molecule has 0 N–H and O–H groups in total. The highest BCUT2D eigenvalue weighted by Gasteiger charge is 2.23. The molecule has 6 heteroatoms. The molecule has 0 aliphatic rings. The monoisotopic (exact) mass is 284 g/mol. The summed E-state index contributed by atoms with van der Waals surface area (Å²) in [6, 6.07) is 11.0. The third-order valence-corrected chi connectivity index (χ3v) is 3.26. The SMILES string of the molecule is CP(=O)(Oc1ccccc1F)Oc1ccccc1F. The fourth-order valence-electron chi connectivity index (χ4n) is 1.41. The van der Waals surface area contributed by atoms with E-state index in [0.29, 0.717) is 0 Å². The molecule has 0 amide bonds. The molecule has 0 bridgehead atoms. The van der Waals surface area contributed by atoms with Crippen LogP contribution in [0, 0.1) is 11.6 Å². The average molecular weight is 284 g/mol. The molecule has 3 nitrogen and oxygen atoms in total. The standard InChI is InChI=1S/C13H11F2O3P/c1-19(16,17-12-8-4-2-6-10(12)14)18-13-9-5-3-7-11(13)15/h2-9H,1H3. The molecule has 0 saturated heterocycles. The van der Waals surface area contributed by atoms with Crippen LogP contribution < -0.4 is 9.05 Å². The van der Waals surface area contributed by atoms with Crippen molar-refractivity contribution in [2.24, 2.45) is 0 Å². The highest BCUT2D eigenvalue weighted by molar-refractivity contribution is 7.53. The molecule has 0 aromatic heterocycles. The fourth-order valence-corrected chi connectivity index (χ4v) is 2.46. The van der Waals surface area contributed by atoms with E-state index in [4.69, 9.17) is 9.05 Å². The number of para-hydroxylation sites is 2. The van der Waals surface area contributed by atoms with Crippen molar-refractivity contribution in [2.45, 2.75) is 0 Å². The van der Waals surface area contributed by atoms with Crippen molar-refractivity contribution in [3.63, 3.8) is 0 Å². The third kappa shape index (κ3) is 3.55. The zero-order valence-corrected chi connectivity index (χ0v) is 10.9. The van der Waals surface area contributed by atoms with Gasteiger partial charge in [0.05, 0.1) is 6.66 Å². The Labute approximate surface area is 109 Å². The second-order valence-electron chi connectivity index (χ2n) is 3.81. The highest BCUT2D eigenvalue weighted by atomic mass is 31.2. The molecule has 2 rings (SSSR count). The van der Waals surface area contributed by atoms with Gasteiger partial charge in [-0.25, -0.2) is 13.3 Å². The van der Waals surface area contributed by atoms with Gasteiger partial charge in [0.1, 0.15) is 0 Å². The van der Waals surface area contributed by atoms with E-state index >= 15 is 0 Å². The van der Waals surface area contributed by atoms with Crippen LogP contribution in [-0.2, 0) is 4.57 Å². The van der Waals surface area contributed by atoms with E-state index in [-0.39, 0.29) is 11.5 Å². The van der Waals surface area contributed by atoms with Gasteiger partial charge >= 0.3 is 7.60 Å². The van der Waals surface area contributed by atoms with Crippen molar-refractivity contribution in [2.75, 3.05) is 6.66 Å². The molecule has 100 valence electrons. The summed E-state index contributed by atoms with van der Waals surface area (Å²) >= 11 is 0. The Morgan fingerprint density at radius 2 is 1.21 bits per heavy atom. The maximum atomic E-state index is 13.4. The summed E-state index contributed by atoms with van der Waals surface area (Å²) in [6.07, 6.45) is 0. The zero-order valence-electron chi connectivity index (χ0n) is 10.0. The van der Waals surface area contributed by atoms with Crippen molar-refractivity contribution in [3.8, 4) is 11.5 Å². The normalized spacial score (nSPS) is 11.1. The molecule has 0 aliphatic carbocycles. The molecule has 0 heterocycles. The lowest BCUT2D eigenvalue weighted by Crippen LogP contribution is -2.01. The van der Waals surface area contributed by atoms with E-state index in [9.17, 15) is 13.3 Å². The second kappa shape index (κ2) is 5.41. The van der Waals surface area contributed by atoms with Crippen molar-refractivity contribution in [1.82, 2.24) is 0 Å². The van der Waals surface area contributed by atoms with Crippen LogP contribution in [0.5, 0.6) is 11.5 Å². The predicted octanol–water partition coefficient (Wildman–Crippen LogP) is 4.25. The lowest BCUT2D eigenvalue weighted by atomic mass is 10.3. The number of benzene rings is 2. The van der Waals surface area contributed by atoms with Gasteiger partial charge in [0.25, 0.3) is 0 Å². The van der Waals surface area contributed by atoms with Crippen LogP contribution in [0.25, 0.3) is 0 Å². The van der Waals surface area contributed by atoms with E-state index < -0.39 is 19.2 Å². The maximum Gasteiger partial charge on any atom is 0.427 e. The van der Waals surface area contributed by atoms with E-state index in [0.717, 1.165) is 6.66 Å². The Balaban J connectivity index is 2.18. The summed E-state index contributed by atoms with van der Waals surface area (Å²) in [5, 5.41) is 0. The van der Waals surface area contributed by atoms with E-state index in [2.05, 4.69) is 0 Å². The molecule has 19 heavy (non-hydrogen) atoms. The lowest BCUT2D eigenvalue weighted by Gasteiger charge is -2.16. The first-order valence-corrected chi connectivity index (χ1v) is 7.43. The molecule has 0 aliphatic heterocycles. The van der Waals surface area contributed by atoms with Crippen molar-refractivity contribution < 1.29 is 22.4 Å². The number of halogens is 2. The lowest BCUT2D eigenvalue weighted by molar-refractivity contribution is 0.373. The smallest absolute Gasteiger partial charge is 0.413 e. The minimum atomic E-state index is -3.67. The first-order chi connectivity index (χ1) is 8.98. The molecule has 0 spiro atoms. The Morgan fingerprint density at radius 1 is 0.842 bits per heavy atom. The van der Waals surface area contributed by atoms with Gasteiger partial charge in [0.15, 0.2) is 23.1 Å². The zero-order chi connectivity index (χ0) is 13.9. The van der Waals surface area contributed by atoms with Crippen LogP contribution in [0.2, 0.25) is 0 Å². The number of hydrogen-bond acceptors (Lipinski definition) is 3. The van der Waals surface area contributed by atoms with Crippen LogP contribution in [-0.4, -0.2) is 6.66 Å². The third-order valence-electron chi connectivity index (χ3n) is 2.20. The topological polar surface area (TPSA) is 35.5 Å². The minimum absolute atomic E-state index is 0.204. The summed E-state index contributed by atoms with van der Waals surface area (Å²) < 4.78 is 48.8. The van der Waals surface area contributed by atoms with Crippen LogP contribution in [0.4, 0.5) is 8.78 Å². The molecule has 2 aromatic carbocycles. The van der Waals surface area contributed by atoms with Gasteiger partial charge in [-0.05, 0) is 24.3 Å². The van der Waals surface area contributed by atoms with Gasteiger partial charge in [-0.2, -0.15) is 0 Å². The van der Waals surface area contributed by atoms with Gasteiger partial charge in [0, 0.05) is 0 Å². The number of rotatable bonds is 4. The quantitative estimate of drug-likeness (QED) is 0.787.